The summed E-state index contributed by atoms with van der Waals surface area (Å²) in [6, 6.07) is 22.7. The molecule has 0 amide bonds. The van der Waals surface area contributed by atoms with E-state index in [-0.39, 0.29) is 6.10 Å². The van der Waals surface area contributed by atoms with E-state index in [0.29, 0.717) is 0 Å². The summed E-state index contributed by atoms with van der Waals surface area (Å²) in [5.41, 5.74) is 4.66. The molecule has 0 N–H and O–H groups in total. The normalized spacial score (nSPS) is 15.3. The molecule has 3 aromatic rings. The van der Waals surface area contributed by atoms with Crippen LogP contribution in [0, 0.1) is 0 Å². The van der Waals surface area contributed by atoms with E-state index in [0.717, 1.165) is 27.1 Å². The molecule has 1 aliphatic heterocycles. The molecule has 0 radical (unpaired) electrons. The minimum atomic E-state index is -0.112. The Labute approximate surface area is 143 Å². The van der Waals surface area contributed by atoms with Gasteiger partial charge in [-0.1, -0.05) is 52.3 Å². The fourth-order valence-corrected chi connectivity index (χ4v) is 3.34. The van der Waals surface area contributed by atoms with Gasteiger partial charge in [0.25, 0.3) is 0 Å². The lowest BCUT2D eigenvalue weighted by molar-refractivity contribution is 0.243. The maximum atomic E-state index is 6.33. The number of hydrogen-bond donors (Lipinski definition) is 0. The quantitative estimate of drug-likeness (QED) is 0.586. The topological polar surface area (TPSA) is 18.5 Å². The second kappa shape index (κ2) is 5.74. The molecule has 114 valence electrons. The van der Waals surface area contributed by atoms with E-state index < -0.39 is 0 Å². The van der Waals surface area contributed by atoms with Crippen LogP contribution in [0.2, 0.25) is 0 Å². The first-order valence-electron chi connectivity index (χ1n) is 7.46. The van der Waals surface area contributed by atoms with Gasteiger partial charge in [-0.3, -0.25) is 0 Å². The van der Waals surface area contributed by atoms with Crippen molar-refractivity contribution in [2.24, 2.45) is 0 Å². The van der Waals surface area contributed by atoms with Crippen molar-refractivity contribution in [3.63, 3.8) is 0 Å². The lowest BCUT2D eigenvalue weighted by Crippen LogP contribution is -2.15. The Balaban J connectivity index is 1.85. The van der Waals surface area contributed by atoms with Crippen molar-refractivity contribution in [3.8, 4) is 22.6 Å². The predicted octanol–water partition coefficient (Wildman–Crippen LogP) is 5.61. The number of fused-ring (bicyclic) bond motifs is 3. The Morgan fingerprint density at radius 3 is 2.48 bits per heavy atom. The Morgan fingerprint density at radius 2 is 1.70 bits per heavy atom. The molecule has 0 saturated heterocycles. The fraction of sp³-hybridized carbons (Fsp3) is 0.100. The van der Waals surface area contributed by atoms with E-state index in [1.54, 1.807) is 7.11 Å². The number of benzene rings is 3. The SMILES string of the molecule is COc1ccc([C@H]2Oc3cc(Br)ccc3-c3ccccc32)cc1. The summed E-state index contributed by atoms with van der Waals surface area (Å²) in [6.45, 7) is 0. The predicted molar refractivity (Wildman–Crippen MR) is 95.0 cm³/mol. The van der Waals surface area contributed by atoms with Gasteiger partial charge in [0.2, 0.25) is 0 Å². The summed E-state index contributed by atoms with van der Waals surface area (Å²) >= 11 is 3.53. The van der Waals surface area contributed by atoms with Crippen LogP contribution in [0.1, 0.15) is 17.2 Å². The minimum absolute atomic E-state index is 0.112. The highest BCUT2D eigenvalue weighted by Gasteiger charge is 2.27. The Kier molecular flexibility index (Phi) is 3.58. The highest BCUT2D eigenvalue weighted by atomic mass is 79.9. The molecule has 4 rings (SSSR count). The van der Waals surface area contributed by atoms with Gasteiger partial charge in [0, 0.05) is 15.6 Å². The van der Waals surface area contributed by atoms with Gasteiger partial charge < -0.3 is 9.47 Å². The third-order valence-electron chi connectivity index (χ3n) is 4.14. The monoisotopic (exact) mass is 366 g/mol. The van der Waals surface area contributed by atoms with E-state index in [1.807, 2.05) is 24.3 Å². The van der Waals surface area contributed by atoms with Gasteiger partial charge in [0.1, 0.15) is 17.6 Å². The summed E-state index contributed by atoms with van der Waals surface area (Å²) in [6.07, 6.45) is -0.112. The van der Waals surface area contributed by atoms with Gasteiger partial charge in [-0.2, -0.15) is 0 Å². The van der Waals surface area contributed by atoms with Gasteiger partial charge in [-0.05, 0) is 41.5 Å². The molecule has 0 unspecified atom stereocenters. The molecule has 0 spiro atoms. The summed E-state index contributed by atoms with van der Waals surface area (Å²) in [7, 11) is 1.68. The maximum Gasteiger partial charge on any atom is 0.149 e. The molecule has 0 saturated carbocycles. The molecule has 0 aliphatic carbocycles. The van der Waals surface area contributed by atoms with Crippen molar-refractivity contribution < 1.29 is 9.47 Å². The minimum Gasteiger partial charge on any atom is -0.497 e. The van der Waals surface area contributed by atoms with Gasteiger partial charge in [0.15, 0.2) is 0 Å². The smallest absolute Gasteiger partial charge is 0.149 e. The summed E-state index contributed by atoms with van der Waals surface area (Å²) in [4.78, 5) is 0. The third-order valence-corrected chi connectivity index (χ3v) is 4.63. The van der Waals surface area contributed by atoms with Crippen molar-refractivity contribution in [2.45, 2.75) is 6.10 Å². The molecule has 0 fully saturated rings. The van der Waals surface area contributed by atoms with E-state index in [9.17, 15) is 0 Å². The van der Waals surface area contributed by atoms with Crippen LogP contribution in [-0.2, 0) is 0 Å². The van der Waals surface area contributed by atoms with Crippen LogP contribution in [0.3, 0.4) is 0 Å². The van der Waals surface area contributed by atoms with Gasteiger partial charge in [0.05, 0.1) is 7.11 Å². The molecule has 3 heteroatoms. The average Bonchev–Trinajstić information content (AvgIpc) is 2.61. The van der Waals surface area contributed by atoms with Crippen LogP contribution in [0.25, 0.3) is 11.1 Å². The van der Waals surface area contributed by atoms with Gasteiger partial charge in [-0.15, -0.1) is 0 Å². The molecule has 1 heterocycles. The third kappa shape index (κ3) is 2.51. The summed E-state index contributed by atoms with van der Waals surface area (Å²) in [5, 5.41) is 0. The van der Waals surface area contributed by atoms with E-state index in [4.69, 9.17) is 9.47 Å². The van der Waals surface area contributed by atoms with Crippen molar-refractivity contribution in [1.82, 2.24) is 0 Å². The summed E-state index contributed by atoms with van der Waals surface area (Å²) in [5.74, 6) is 1.75. The van der Waals surface area contributed by atoms with Crippen molar-refractivity contribution >= 4 is 15.9 Å². The first kappa shape index (κ1) is 14.3. The molecule has 0 aromatic heterocycles. The Hall–Kier alpha value is -2.26. The van der Waals surface area contributed by atoms with Gasteiger partial charge >= 0.3 is 0 Å². The van der Waals surface area contributed by atoms with Crippen molar-refractivity contribution in [3.05, 3.63) is 82.3 Å². The molecule has 0 bridgehead atoms. The first-order chi connectivity index (χ1) is 11.3. The van der Waals surface area contributed by atoms with E-state index in [1.165, 1.54) is 11.1 Å². The maximum absolute atomic E-state index is 6.33. The molecule has 23 heavy (non-hydrogen) atoms. The van der Waals surface area contributed by atoms with Crippen LogP contribution in [-0.4, -0.2) is 7.11 Å². The van der Waals surface area contributed by atoms with Crippen molar-refractivity contribution in [1.29, 1.82) is 0 Å². The zero-order valence-corrected chi connectivity index (χ0v) is 14.2. The summed E-state index contributed by atoms with van der Waals surface area (Å²) < 4.78 is 12.6. The second-order valence-electron chi connectivity index (χ2n) is 5.50. The Bertz CT molecular complexity index is 856. The Morgan fingerprint density at radius 1 is 0.913 bits per heavy atom. The van der Waals surface area contributed by atoms with E-state index in [2.05, 4.69) is 58.4 Å². The largest absolute Gasteiger partial charge is 0.497 e. The van der Waals surface area contributed by atoms with E-state index >= 15 is 0 Å². The number of halogens is 1. The lowest BCUT2D eigenvalue weighted by Gasteiger charge is -2.29. The van der Waals surface area contributed by atoms with Crippen LogP contribution >= 0.6 is 15.9 Å². The van der Waals surface area contributed by atoms with Gasteiger partial charge in [-0.25, -0.2) is 0 Å². The number of ether oxygens (including phenoxy) is 2. The van der Waals surface area contributed by atoms with Crippen LogP contribution in [0.15, 0.2) is 71.2 Å². The molecule has 1 atom stereocenters. The molecule has 3 aromatic carbocycles. The first-order valence-corrected chi connectivity index (χ1v) is 8.25. The molecular weight excluding hydrogens is 352 g/mol. The lowest BCUT2D eigenvalue weighted by atomic mass is 9.90. The molecule has 1 aliphatic rings. The van der Waals surface area contributed by atoms with Crippen molar-refractivity contribution in [2.75, 3.05) is 7.11 Å². The highest BCUT2D eigenvalue weighted by molar-refractivity contribution is 9.10. The molecule has 2 nitrogen and oxygen atoms in total. The standard InChI is InChI=1S/C20H15BrO2/c1-22-15-9-6-13(7-10-15)20-18-5-3-2-4-16(18)17-11-8-14(21)12-19(17)23-20/h2-12,20H,1H3/t20-/m1/s1. The second-order valence-corrected chi connectivity index (χ2v) is 6.41. The van der Waals surface area contributed by atoms with Crippen LogP contribution in [0.5, 0.6) is 11.5 Å². The van der Waals surface area contributed by atoms with Crippen LogP contribution in [0.4, 0.5) is 0 Å². The highest BCUT2D eigenvalue weighted by Crippen LogP contribution is 2.45. The molecular formula is C20H15BrO2. The van der Waals surface area contributed by atoms with Crippen LogP contribution < -0.4 is 9.47 Å². The fourth-order valence-electron chi connectivity index (χ4n) is 3.00. The number of methoxy groups -OCH3 is 1. The average molecular weight is 367 g/mol. The number of rotatable bonds is 2. The zero-order chi connectivity index (χ0) is 15.8. The number of hydrogen-bond acceptors (Lipinski definition) is 2. The zero-order valence-electron chi connectivity index (χ0n) is 12.6.